The van der Waals surface area contributed by atoms with Gasteiger partial charge in [-0.2, -0.15) is 13.2 Å². The minimum absolute atomic E-state index is 0.112. The Morgan fingerprint density at radius 1 is 1.18 bits per heavy atom. The maximum atomic E-state index is 14.3. The Hall–Kier alpha value is -0.850. The smallest absolute Gasteiger partial charge is 0.419 e. The van der Waals surface area contributed by atoms with E-state index in [2.05, 4.69) is 0 Å². The van der Waals surface area contributed by atoms with E-state index >= 15 is 0 Å². The second-order valence-electron chi connectivity index (χ2n) is 6.86. The Morgan fingerprint density at radius 2 is 1.64 bits per heavy atom. The lowest BCUT2D eigenvalue weighted by Gasteiger charge is -2.35. The Bertz CT molecular complexity index is 375. The monoisotopic (exact) mass is 330 g/mol. The van der Waals surface area contributed by atoms with Crippen LogP contribution in [0, 0.1) is 11.3 Å². The number of esters is 1. The van der Waals surface area contributed by atoms with Crippen molar-refractivity contribution >= 4 is 5.97 Å². The first-order valence-corrected chi connectivity index (χ1v) is 7.31. The zero-order chi connectivity index (χ0) is 17.9. The summed E-state index contributed by atoms with van der Waals surface area (Å²) in [5.41, 5.74) is -4.51. The van der Waals surface area contributed by atoms with Gasteiger partial charge in [-0.3, -0.25) is 4.79 Å². The number of carbonyl (C=O) groups is 1. The molecule has 0 bridgehead atoms. The fraction of sp³-hybridized carbons (Fsp3) is 0.933. The summed E-state index contributed by atoms with van der Waals surface area (Å²) in [4.78, 5) is 12.0. The molecule has 0 rings (SSSR count). The van der Waals surface area contributed by atoms with Crippen LogP contribution in [0.5, 0.6) is 0 Å². The van der Waals surface area contributed by atoms with Crippen LogP contribution in [0.2, 0.25) is 0 Å². The first kappa shape index (κ1) is 21.1. The molecular formula is C15H26F4O3. The Labute approximate surface area is 129 Å². The topological polar surface area (TPSA) is 46.5 Å². The van der Waals surface area contributed by atoms with Gasteiger partial charge in [0.1, 0.15) is 6.10 Å². The van der Waals surface area contributed by atoms with Crippen molar-refractivity contribution < 1.29 is 32.2 Å². The van der Waals surface area contributed by atoms with Crippen LogP contribution in [0.3, 0.4) is 0 Å². The van der Waals surface area contributed by atoms with Crippen LogP contribution < -0.4 is 0 Å². The largest absolute Gasteiger partial charge is 0.459 e. The Morgan fingerprint density at radius 3 is 1.95 bits per heavy atom. The molecule has 1 N–H and O–H groups in total. The number of carbonyl (C=O) groups excluding carboxylic acids is 1. The minimum Gasteiger partial charge on any atom is -0.459 e. The number of rotatable bonds is 7. The van der Waals surface area contributed by atoms with E-state index in [9.17, 15) is 27.5 Å². The molecule has 0 amide bonds. The molecule has 3 atom stereocenters. The number of alkyl halides is 4. The molecule has 0 radical (unpaired) electrons. The van der Waals surface area contributed by atoms with Gasteiger partial charge >= 0.3 is 12.1 Å². The van der Waals surface area contributed by atoms with Gasteiger partial charge in [0, 0.05) is 0 Å². The van der Waals surface area contributed by atoms with Gasteiger partial charge < -0.3 is 9.84 Å². The van der Waals surface area contributed by atoms with Crippen LogP contribution in [0.4, 0.5) is 17.6 Å². The van der Waals surface area contributed by atoms with E-state index in [1.807, 2.05) is 0 Å². The average molecular weight is 330 g/mol. The standard InChI is InChI=1S/C15H26F4O3/c1-7-13(4,5)12(20)22-10(8-9(2)3)11(16)14(6,21)15(17,18)19/h9-11,21H,7-8H2,1-6H3. The third-order valence-electron chi connectivity index (χ3n) is 3.84. The lowest BCUT2D eigenvalue weighted by atomic mass is 9.88. The number of halogens is 4. The molecule has 0 aliphatic heterocycles. The molecule has 0 heterocycles. The van der Waals surface area contributed by atoms with Crippen molar-refractivity contribution in [1.29, 1.82) is 0 Å². The quantitative estimate of drug-likeness (QED) is 0.566. The highest BCUT2D eigenvalue weighted by Crippen LogP contribution is 2.38. The number of hydrogen-bond donors (Lipinski definition) is 1. The number of aliphatic hydroxyl groups is 1. The van der Waals surface area contributed by atoms with E-state index in [4.69, 9.17) is 4.74 Å². The second kappa shape index (κ2) is 7.15. The number of hydrogen-bond acceptors (Lipinski definition) is 3. The predicted octanol–water partition coefficient (Wildman–Crippen LogP) is 4.03. The van der Waals surface area contributed by atoms with Gasteiger partial charge in [0.2, 0.25) is 0 Å². The second-order valence-corrected chi connectivity index (χ2v) is 6.86. The molecule has 7 heteroatoms. The molecule has 0 saturated heterocycles. The fourth-order valence-corrected chi connectivity index (χ4v) is 1.65. The predicted molar refractivity (Wildman–Crippen MR) is 75.0 cm³/mol. The number of ether oxygens (including phenoxy) is 1. The molecule has 0 fully saturated rings. The van der Waals surface area contributed by atoms with Crippen LogP contribution in [0.1, 0.15) is 54.4 Å². The highest BCUT2D eigenvalue weighted by atomic mass is 19.4. The molecule has 0 aliphatic carbocycles. The van der Waals surface area contributed by atoms with Crippen molar-refractivity contribution in [2.45, 2.75) is 78.4 Å². The van der Waals surface area contributed by atoms with Crippen molar-refractivity contribution in [1.82, 2.24) is 0 Å². The highest BCUT2D eigenvalue weighted by molar-refractivity contribution is 5.76. The van der Waals surface area contributed by atoms with Crippen LogP contribution in [0.15, 0.2) is 0 Å². The van der Waals surface area contributed by atoms with Gasteiger partial charge in [-0.05, 0) is 39.5 Å². The fourth-order valence-electron chi connectivity index (χ4n) is 1.65. The lowest BCUT2D eigenvalue weighted by molar-refractivity contribution is -0.284. The van der Waals surface area contributed by atoms with E-state index in [1.54, 1.807) is 34.6 Å². The molecule has 132 valence electrons. The maximum absolute atomic E-state index is 14.3. The summed E-state index contributed by atoms with van der Waals surface area (Å²) in [5.74, 6) is -0.980. The summed E-state index contributed by atoms with van der Waals surface area (Å²) < 4.78 is 57.7. The van der Waals surface area contributed by atoms with Gasteiger partial charge in [0.15, 0.2) is 11.8 Å². The third kappa shape index (κ3) is 5.11. The van der Waals surface area contributed by atoms with Crippen molar-refractivity contribution in [3.8, 4) is 0 Å². The van der Waals surface area contributed by atoms with E-state index in [0.717, 1.165) is 0 Å². The molecule has 3 nitrogen and oxygen atoms in total. The van der Waals surface area contributed by atoms with Crippen LogP contribution >= 0.6 is 0 Å². The Balaban J connectivity index is 5.35. The van der Waals surface area contributed by atoms with Crippen LogP contribution in [0.25, 0.3) is 0 Å². The van der Waals surface area contributed by atoms with Gasteiger partial charge in [0.25, 0.3) is 0 Å². The summed E-state index contributed by atoms with van der Waals surface area (Å²) in [6, 6.07) is 0. The molecule has 0 aromatic carbocycles. The Kier molecular flexibility index (Phi) is 6.87. The third-order valence-corrected chi connectivity index (χ3v) is 3.84. The van der Waals surface area contributed by atoms with Crippen molar-refractivity contribution in [2.24, 2.45) is 11.3 Å². The normalized spacial score (nSPS) is 18.7. The van der Waals surface area contributed by atoms with Crippen LogP contribution in [-0.2, 0) is 9.53 Å². The SMILES string of the molecule is CCC(C)(C)C(=O)OC(CC(C)C)C(F)C(C)(O)C(F)(F)F. The summed E-state index contributed by atoms with van der Waals surface area (Å²) in [5, 5.41) is 9.48. The van der Waals surface area contributed by atoms with Crippen molar-refractivity contribution in [3.05, 3.63) is 0 Å². The van der Waals surface area contributed by atoms with Gasteiger partial charge in [-0.15, -0.1) is 0 Å². The minimum atomic E-state index is -5.16. The molecule has 3 unspecified atom stereocenters. The molecule has 0 aromatic heterocycles. The molecule has 0 spiro atoms. The lowest BCUT2D eigenvalue weighted by Crippen LogP contribution is -2.56. The van der Waals surface area contributed by atoms with E-state index in [1.165, 1.54) is 0 Å². The zero-order valence-electron chi connectivity index (χ0n) is 13.9. The summed E-state index contributed by atoms with van der Waals surface area (Å²) >= 11 is 0. The highest BCUT2D eigenvalue weighted by Gasteiger charge is 2.58. The summed E-state index contributed by atoms with van der Waals surface area (Å²) in [6.07, 6.45) is -9.29. The molecule has 0 aliphatic rings. The van der Waals surface area contributed by atoms with Gasteiger partial charge in [-0.1, -0.05) is 20.8 Å². The van der Waals surface area contributed by atoms with E-state index in [0.29, 0.717) is 13.3 Å². The zero-order valence-corrected chi connectivity index (χ0v) is 13.9. The molecule has 0 aromatic rings. The molecule has 22 heavy (non-hydrogen) atoms. The van der Waals surface area contributed by atoms with E-state index in [-0.39, 0.29) is 12.3 Å². The average Bonchev–Trinajstić information content (AvgIpc) is 2.34. The van der Waals surface area contributed by atoms with Crippen molar-refractivity contribution in [2.75, 3.05) is 0 Å². The van der Waals surface area contributed by atoms with Gasteiger partial charge in [0.05, 0.1) is 5.41 Å². The summed E-state index contributed by atoms with van der Waals surface area (Å²) in [6.45, 7) is 8.54. The first-order chi connectivity index (χ1) is 9.66. The first-order valence-electron chi connectivity index (χ1n) is 7.31. The summed E-state index contributed by atoms with van der Waals surface area (Å²) in [7, 11) is 0. The maximum Gasteiger partial charge on any atom is 0.419 e. The van der Waals surface area contributed by atoms with Gasteiger partial charge in [-0.25, -0.2) is 4.39 Å². The van der Waals surface area contributed by atoms with Crippen molar-refractivity contribution in [3.63, 3.8) is 0 Å². The van der Waals surface area contributed by atoms with Crippen LogP contribution in [-0.4, -0.2) is 35.1 Å². The van der Waals surface area contributed by atoms with E-state index < -0.39 is 35.4 Å². The molecular weight excluding hydrogens is 304 g/mol. The molecule has 0 saturated carbocycles.